The molecule has 0 radical (unpaired) electrons. The van der Waals surface area contributed by atoms with Gasteiger partial charge in [0.15, 0.2) is 5.60 Å². The summed E-state index contributed by atoms with van der Waals surface area (Å²) in [6.45, 7) is 0.392. The van der Waals surface area contributed by atoms with Gasteiger partial charge in [-0.25, -0.2) is 9.59 Å². The zero-order valence-corrected chi connectivity index (χ0v) is 22.4. The van der Waals surface area contributed by atoms with Crippen LogP contribution >= 0.6 is 11.6 Å². The van der Waals surface area contributed by atoms with Gasteiger partial charge >= 0.3 is 12.2 Å². The van der Waals surface area contributed by atoms with Crippen molar-refractivity contribution in [3.63, 3.8) is 0 Å². The number of methoxy groups -OCH3 is 1. The fourth-order valence-electron chi connectivity index (χ4n) is 5.04. The molecule has 3 aromatic rings. The molecule has 1 spiro atoms. The number of likely N-dealkylation sites (tertiary alicyclic amines) is 1. The maximum absolute atomic E-state index is 13.9. The first-order valence-electron chi connectivity index (χ1n) is 12.6. The topological polar surface area (TPSA) is 126 Å². The Labute approximate surface area is 235 Å². The number of hydrogen-bond acceptors (Lipinski definition) is 6. The van der Waals surface area contributed by atoms with Crippen molar-refractivity contribution in [3.05, 3.63) is 88.9 Å². The minimum atomic E-state index is -1.06. The van der Waals surface area contributed by atoms with Crippen LogP contribution in [0.15, 0.2) is 72.8 Å². The number of hydrogen-bond donors (Lipinski definition) is 3. The molecule has 11 heteroatoms. The molecule has 1 saturated heterocycles. The number of amides is 4. The normalized spacial score (nSPS) is 18.2. The molecule has 2 aliphatic rings. The zero-order chi connectivity index (χ0) is 28.3. The summed E-state index contributed by atoms with van der Waals surface area (Å²) in [4.78, 5) is 52.8. The number of carbonyl (C=O) groups excluding carboxylic acids is 4. The third kappa shape index (κ3) is 5.72. The van der Waals surface area contributed by atoms with Gasteiger partial charge in [0.2, 0.25) is 11.8 Å². The quantitative estimate of drug-likeness (QED) is 0.363. The van der Waals surface area contributed by atoms with E-state index in [2.05, 4.69) is 20.7 Å². The van der Waals surface area contributed by atoms with E-state index < -0.39 is 29.6 Å². The van der Waals surface area contributed by atoms with Crippen molar-refractivity contribution in [3.8, 4) is 0 Å². The Morgan fingerprint density at radius 3 is 2.45 bits per heavy atom. The van der Waals surface area contributed by atoms with Crippen LogP contribution in [-0.4, -0.2) is 49.1 Å². The van der Waals surface area contributed by atoms with Gasteiger partial charge in [0, 0.05) is 34.9 Å². The Morgan fingerprint density at radius 2 is 1.75 bits per heavy atom. The second-order valence-corrected chi connectivity index (χ2v) is 10.1. The molecule has 0 unspecified atom stereocenters. The van der Waals surface area contributed by atoms with Crippen LogP contribution in [0, 0.1) is 5.92 Å². The fourth-order valence-corrected chi connectivity index (χ4v) is 5.21. The first-order valence-corrected chi connectivity index (χ1v) is 13.0. The summed E-state index contributed by atoms with van der Waals surface area (Å²) in [6.07, 6.45) is -0.667. The monoisotopic (exact) mass is 562 g/mol. The van der Waals surface area contributed by atoms with Crippen LogP contribution in [0.25, 0.3) is 0 Å². The molecule has 3 N–H and O–H groups in total. The molecular weight excluding hydrogens is 536 g/mol. The number of halogens is 1. The first kappa shape index (κ1) is 27.0. The van der Waals surface area contributed by atoms with Crippen LogP contribution in [0.5, 0.6) is 0 Å². The lowest BCUT2D eigenvalue weighted by Gasteiger charge is -2.35. The van der Waals surface area contributed by atoms with Crippen molar-refractivity contribution in [2.75, 3.05) is 36.1 Å². The predicted octanol–water partition coefficient (Wildman–Crippen LogP) is 5.01. The summed E-state index contributed by atoms with van der Waals surface area (Å²) in [7, 11) is 1.26. The number of fused-ring (bicyclic) bond motifs is 2. The van der Waals surface area contributed by atoms with Crippen molar-refractivity contribution in [2.45, 2.75) is 18.4 Å². The zero-order valence-electron chi connectivity index (χ0n) is 21.6. The van der Waals surface area contributed by atoms with Crippen LogP contribution in [0.3, 0.4) is 0 Å². The van der Waals surface area contributed by atoms with E-state index in [4.69, 9.17) is 16.3 Å². The number of rotatable bonds is 6. The predicted molar refractivity (Wildman–Crippen MR) is 149 cm³/mol. The number of carbonyl (C=O) groups is 4. The summed E-state index contributed by atoms with van der Waals surface area (Å²) < 4.78 is 10.3. The molecule has 10 nitrogen and oxygen atoms in total. The minimum absolute atomic E-state index is 0.0963. The van der Waals surface area contributed by atoms with Gasteiger partial charge in [0.1, 0.15) is 5.92 Å². The summed E-state index contributed by atoms with van der Waals surface area (Å²) >= 11 is 6.25. The molecular formula is C29H27ClN4O6. The molecule has 0 aromatic heterocycles. The number of nitrogens with zero attached hydrogens (tertiary/aromatic N) is 1. The van der Waals surface area contributed by atoms with E-state index in [1.807, 2.05) is 30.3 Å². The molecule has 40 heavy (non-hydrogen) atoms. The van der Waals surface area contributed by atoms with Gasteiger partial charge in [0.25, 0.3) is 0 Å². The third-order valence-corrected chi connectivity index (χ3v) is 7.26. The lowest BCUT2D eigenvalue weighted by Crippen LogP contribution is -2.45. The lowest BCUT2D eigenvalue weighted by atomic mass is 9.90. The van der Waals surface area contributed by atoms with Gasteiger partial charge in [-0.2, -0.15) is 0 Å². The summed E-state index contributed by atoms with van der Waals surface area (Å²) in [5.41, 5.74) is 1.99. The maximum atomic E-state index is 13.9. The number of ether oxygens (including phenoxy) is 2. The number of benzene rings is 3. The van der Waals surface area contributed by atoms with Gasteiger partial charge in [-0.05, 0) is 54.4 Å². The highest BCUT2D eigenvalue weighted by molar-refractivity contribution is 6.30. The molecule has 3 aromatic carbocycles. The van der Waals surface area contributed by atoms with Crippen molar-refractivity contribution >= 4 is 52.7 Å². The van der Waals surface area contributed by atoms with Crippen molar-refractivity contribution < 1.29 is 28.7 Å². The lowest BCUT2D eigenvalue weighted by molar-refractivity contribution is -0.140. The molecule has 0 bridgehead atoms. The van der Waals surface area contributed by atoms with Gasteiger partial charge in [-0.3, -0.25) is 20.2 Å². The van der Waals surface area contributed by atoms with E-state index in [1.165, 1.54) is 7.11 Å². The maximum Gasteiger partial charge on any atom is 0.412 e. The number of nitrogens with one attached hydrogen (secondary N) is 3. The Bertz CT molecular complexity index is 1450. The molecule has 5 rings (SSSR count). The molecule has 2 atom stereocenters. The Kier molecular flexibility index (Phi) is 7.61. The summed E-state index contributed by atoms with van der Waals surface area (Å²) in [6, 6.07) is 20.9. The van der Waals surface area contributed by atoms with Crippen LogP contribution in [0.4, 0.5) is 26.7 Å². The molecule has 4 amide bonds. The van der Waals surface area contributed by atoms with Gasteiger partial charge in [-0.1, -0.05) is 41.9 Å². The average Bonchev–Trinajstić information content (AvgIpc) is 3.37. The van der Waals surface area contributed by atoms with Crippen LogP contribution < -0.4 is 16.0 Å². The van der Waals surface area contributed by atoms with Crippen LogP contribution in [-0.2, 0) is 31.1 Å². The summed E-state index contributed by atoms with van der Waals surface area (Å²) in [5.74, 6) is -1.89. The first-order chi connectivity index (χ1) is 19.3. The van der Waals surface area contributed by atoms with Crippen molar-refractivity contribution in [1.82, 2.24) is 4.90 Å². The van der Waals surface area contributed by atoms with Gasteiger partial charge in [-0.15, -0.1) is 0 Å². The molecule has 0 aliphatic carbocycles. The molecule has 2 heterocycles. The average molecular weight is 563 g/mol. The van der Waals surface area contributed by atoms with Crippen molar-refractivity contribution in [1.29, 1.82) is 0 Å². The van der Waals surface area contributed by atoms with E-state index in [9.17, 15) is 19.2 Å². The fraction of sp³-hybridized carbons (Fsp3) is 0.241. The molecule has 206 valence electrons. The highest BCUT2D eigenvalue weighted by Gasteiger charge is 2.50. The standard InChI is InChI=1S/C29H27ClN4O6/c1-39-27(37)32-21-10-8-20(9-11-21)31-25(35)22(15-18-5-3-2-4-6-18)26(36)34-14-13-29(17-34)23-16-19(30)7-12-24(23)33-28(38)40-29/h2-12,16,22H,13-15,17H2,1H3,(H,31,35)(H,32,37)(H,33,38)/t22-,29+/m1/s1. The summed E-state index contributed by atoms with van der Waals surface area (Å²) in [5, 5.41) is 8.53. The second kappa shape index (κ2) is 11.3. The second-order valence-electron chi connectivity index (χ2n) is 9.63. The number of anilines is 3. The van der Waals surface area contributed by atoms with Gasteiger partial charge in [0.05, 0.1) is 19.3 Å². The van der Waals surface area contributed by atoms with E-state index >= 15 is 0 Å². The Morgan fingerprint density at radius 1 is 1.05 bits per heavy atom. The molecule has 1 fully saturated rings. The SMILES string of the molecule is COC(=O)Nc1ccc(NC(=O)[C@@H](Cc2ccccc2)C(=O)N2CC[C@@]3(C2)OC(=O)Nc2ccc(Cl)cc23)cc1. The van der Waals surface area contributed by atoms with E-state index in [0.29, 0.717) is 40.6 Å². The van der Waals surface area contributed by atoms with Crippen LogP contribution in [0.2, 0.25) is 5.02 Å². The smallest absolute Gasteiger partial charge is 0.412 e. The Balaban J connectivity index is 1.37. The Hall–Kier alpha value is -4.57. The third-order valence-electron chi connectivity index (χ3n) is 7.02. The van der Waals surface area contributed by atoms with Gasteiger partial charge < -0.3 is 19.7 Å². The highest BCUT2D eigenvalue weighted by atomic mass is 35.5. The molecule has 2 aliphatic heterocycles. The van der Waals surface area contributed by atoms with E-state index in [0.717, 1.165) is 5.56 Å². The highest BCUT2D eigenvalue weighted by Crippen LogP contribution is 2.44. The minimum Gasteiger partial charge on any atom is -0.453 e. The largest absolute Gasteiger partial charge is 0.453 e. The van der Waals surface area contributed by atoms with E-state index in [1.54, 1.807) is 47.4 Å². The van der Waals surface area contributed by atoms with E-state index in [-0.39, 0.29) is 18.9 Å². The van der Waals surface area contributed by atoms with Crippen LogP contribution in [0.1, 0.15) is 17.5 Å². The molecule has 0 saturated carbocycles. The van der Waals surface area contributed by atoms with Crippen molar-refractivity contribution in [2.24, 2.45) is 5.92 Å².